The van der Waals surface area contributed by atoms with Gasteiger partial charge >= 0.3 is 17.9 Å². The first-order valence-electron chi connectivity index (χ1n) is 7.96. The Labute approximate surface area is 139 Å². The van der Waals surface area contributed by atoms with Crippen molar-refractivity contribution >= 4 is 17.9 Å². The summed E-state index contributed by atoms with van der Waals surface area (Å²) in [5.74, 6) is -2.04. The SMILES string of the molecule is CCC(C)(C)C(=O)OCC(=O)OC1C2=CC3(C#N)C(=O)OC1C3C2. The summed E-state index contributed by atoms with van der Waals surface area (Å²) in [5.41, 5.74) is -1.16. The first-order valence-corrected chi connectivity index (χ1v) is 7.96. The van der Waals surface area contributed by atoms with Crippen LogP contribution in [0.5, 0.6) is 0 Å². The summed E-state index contributed by atoms with van der Waals surface area (Å²) in [6.07, 6.45) is 1.35. The van der Waals surface area contributed by atoms with Crippen LogP contribution in [-0.2, 0) is 28.6 Å². The van der Waals surface area contributed by atoms with Gasteiger partial charge in [-0.1, -0.05) is 6.92 Å². The molecule has 128 valence electrons. The van der Waals surface area contributed by atoms with E-state index in [4.69, 9.17) is 14.2 Å². The Bertz CT molecular complexity index is 688. The van der Waals surface area contributed by atoms with Crippen LogP contribution in [0.4, 0.5) is 0 Å². The summed E-state index contributed by atoms with van der Waals surface area (Å²) >= 11 is 0. The van der Waals surface area contributed by atoms with E-state index in [-0.39, 0.29) is 5.92 Å². The summed E-state index contributed by atoms with van der Waals surface area (Å²) in [6, 6.07) is 2.03. The summed E-state index contributed by atoms with van der Waals surface area (Å²) in [6.45, 7) is 4.85. The Morgan fingerprint density at radius 2 is 2.21 bits per heavy atom. The average Bonchev–Trinajstić information content (AvgIpc) is 3.14. The first-order chi connectivity index (χ1) is 11.2. The van der Waals surface area contributed by atoms with Crippen LogP contribution >= 0.6 is 0 Å². The number of fused-ring (bicyclic) bond motifs is 1. The van der Waals surface area contributed by atoms with Gasteiger partial charge < -0.3 is 14.2 Å². The number of hydrogen-bond acceptors (Lipinski definition) is 7. The Hall–Kier alpha value is -2.36. The molecule has 0 N–H and O–H groups in total. The normalized spacial score (nSPS) is 32.8. The minimum atomic E-state index is -1.22. The highest BCUT2D eigenvalue weighted by Gasteiger charge is 2.68. The molecule has 1 heterocycles. The predicted molar refractivity (Wildman–Crippen MR) is 79.0 cm³/mol. The molecule has 3 rings (SSSR count). The molecule has 2 fully saturated rings. The lowest BCUT2D eigenvalue weighted by molar-refractivity contribution is -0.169. The Morgan fingerprint density at radius 1 is 1.50 bits per heavy atom. The second-order valence-electron chi connectivity index (χ2n) is 7.10. The molecule has 3 aliphatic rings. The lowest BCUT2D eigenvalue weighted by Gasteiger charge is -2.23. The van der Waals surface area contributed by atoms with Crippen LogP contribution in [0.1, 0.15) is 33.6 Å². The summed E-state index contributed by atoms with van der Waals surface area (Å²) < 4.78 is 15.6. The number of ether oxygens (including phenoxy) is 3. The van der Waals surface area contributed by atoms with Crippen molar-refractivity contribution in [2.24, 2.45) is 16.7 Å². The van der Waals surface area contributed by atoms with Gasteiger partial charge in [-0.2, -0.15) is 5.26 Å². The van der Waals surface area contributed by atoms with Crippen molar-refractivity contribution in [3.8, 4) is 6.07 Å². The topological polar surface area (TPSA) is 103 Å². The number of hydrogen-bond donors (Lipinski definition) is 0. The van der Waals surface area contributed by atoms with Crippen molar-refractivity contribution in [2.75, 3.05) is 6.61 Å². The van der Waals surface area contributed by atoms with E-state index in [0.29, 0.717) is 12.8 Å². The van der Waals surface area contributed by atoms with Crippen LogP contribution in [0.15, 0.2) is 11.6 Å². The number of carbonyl (C=O) groups is 3. The number of nitrogens with zero attached hydrogens (tertiary/aromatic N) is 1. The Morgan fingerprint density at radius 3 is 2.83 bits per heavy atom. The minimum absolute atomic E-state index is 0.302. The quantitative estimate of drug-likeness (QED) is 0.424. The van der Waals surface area contributed by atoms with E-state index in [1.807, 2.05) is 13.0 Å². The number of rotatable bonds is 5. The van der Waals surface area contributed by atoms with E-state index in [1.165, 1.54) is 0 Å². The molecule has 0 radical (unpaired) electrons. The highest BCUT2D eigenvalue weighted by atomic mass is 16.6. The highest BCUT2D eigenvalue weighted by Crippen LogP contribution is 2.58. The average molecular weight is 333 g/mol. The van der Waals surface area contributed by atoms with Crippen molar-refractivity contribution in [2.45, 2.75) is 45.8 Å². The maximum absolute atomic E-state index is 12.0. The van der Waals surface area contributed by atoms with Gasteiger partial charge in [-0.05, 0) is 38.3 Å². The van der Waals surface area contributed by atoms with Crippen LogP contribution in [-0.4, -0.2) is 36.7 Å². The number of carbonyl (C=O) groups excluding carboxylic acids is 3. The van der Waals surface area contributed by atoms with E-state index in [2.05, 4.69) is 0 Å². The van der Waals surface area contributed by atoms with Gasteiger partial charge in [0.1, 0.15) is 6.10 Å². The lowest BCUT2D eigenvalue weighted by Crippen LogP contribution is -2.36. The van der Waals surface area contributed by atoms with Crippen molar-refractivity contribution in [3.63, 3.8) is 0 Å². The standard InChI is InChI=1S/C17H19NO6/c1-4-16(2,3)14(20)22-7-11(19)23-12-9-5-10-13(12)24-15(21)17(10,6-9)8-18/h6,10,12-13H,4-5,7H2,1-3H3. The van der Waals surface area contributed by atoms with Gasteiger partial charge in [0.05, 0.1) is 11.5 Å². The van der Waals surface area contributed by atoms with Crippen LogP contribution in [0.2, 0.25) is 0 Å². The molecule has 0 aromatic carbocycles. The highest BCUT2D eigenvalue weighted by molar-refractivity contribution is 5.88. The van der Waals surface area contributed by atoms with Crippen LogP contribution in [0.25, 0.3) is 0 Å². The summed E-state index contributed by atoms with van der Waals surface area (Å²) in [4.78, 5) is 35.8. The number of esters is 3. The number of nitriles is 1. The maximum atomic E-state index is 12.0. The molecule has 2 aliphatic carbocycles. The molecule has 24 heavy (non-hydrogen) atoms. The van der Waals surface area contributed by atoms with E-state index in [1.54, 1.807) is 19.9 Å². The molecule has 1 aliphatic heterocycles. The van der Waals surface area contributed by atoms with Crippen molar-refractivity contribution in [1.82, 2.24) is 0 Å². The molecule has 0 spiro atoms. The van der Waals surface area contributed by atoms with Gasteiger partial charge in [0.25, 0.3) is 0 Å². The molecule has 7 nitrogen and oxygen atoms in total. The zero-order valence-electron chi connectivity index (χ0n) is 13.8. The second kappa shape index (κ2) is 5.33. The largest absolute Gasteiger partial charge is 0.456 e. The summed E-state index contributed by atoms with van der Waals surface area (Å²) in [5, 5.41) is 9.29. The zero-order chi connectivity index (χ0) is 17.7. The predicted octanol–water partition coefficient (Wildman–Crippen LogP) is 1.27. The van der Waals surface area contributed by atoms with Gasteiger partial charge in [0, 0.05) is 5.92 Å². The van der Waals surface area contributed by atoms with E-state index < -0.39 is 47.6 Å². The Kier molecular flexibility index (Phi) is 3.67. The summed E-state index contributed by atoms with van der Waals surface area (Å²) in [7, 11) is 0. The smallest absolute Gasteiger partial charge is 0.345 e. The fourth-order valence-corrected chi connectivity index (χ4v) is 3.39. The fourth-order valence-electron chi connectivity index (χ4n) is 3.39. The van der Waals surface area contributed by atoms with Crippen LogP contribution in [0.3, 0.4) is 0 Å². The fraction of sp³-hybridized carbons (Fsp3) is 0.647. The maximum Gasteiger partial charge on any atom is 0.345 e. The van der Waals surface area contributed by atoms with Gasteiger partial charge in [0.15, 0.2) is 18.1 Å². The monoisotopic (exact) mass is 333 g/mol. The molecule has 1 saturated heterocycles. The molecule has 4 atom stereocenters. The minimum Gasteiger partial charge on any atom is -0.456 e. The van der Waals surface area contributed by atoms with Gasteiger partial charge in [-0.3, -0.25) is 4.79 Å². The molecular weight excluding hydrogens is 314 g/mol. The third kappa shape index (κ3) is 2.20. The molecule has 7 heteroatoms. The third-order valence-electron chi connectivity index (χ3n) is 5.30. The van der Waals surface area contributed by atoms with E-state index in [0.717, 1.165) is 5.57 Å². The molecule has 1 saturated carbocycles. The van der Waals surface area contributed by atoms with Gasteiger partial charge in [0.2, 0.25) is 0 Å². The third-order valence-corrected chi connectivity index (χ3v) is 5.30. The van der Waals surface area contributed by atoms with Crippen LogP contribution < -0.4 is 0 Å². The first kappa shape index (κ1) is 16.5. The van der Waals surface area contributed by atoms with E-state index >= 15 is 0 Å². The molecule has 2 bridgehead atoms. The van der Waals surface area contributed by atoms with Gasteiger partial charge in [-0.25, -0.2) is 9.59 Å². The van der Waals surface area contributed by atoms with Gasteiger partial charge in [-0.15, -0.1) is 0 Å². The Balaban J connectivity index is 1.61. The second-order valence-corrected chi connectivity index (χ2v) is 7.10. The van der Waals surface area contributed by atoms with E-state index in [9.17, 15) is 19.6 Å². The molecular formula is C17H19NO6. The van der Waals surface area contributed by atoms with Crippen molar-refractivity contribution in [1.29, 1.82) is 5.26 Å². The van der Waals surface area contributed by atoms with Crippen molar-refractivity contribution < 1.29 is 28.6 Å². The van der Waals surface area contributed by atoms with Crippen LogP contribution in [0, 0.1) is 28.1 Å². The lowest BCUT2D eigenvalue weighted by atomic mass is 9.78. The molecule has 0 amide bonds. The molecule has 4 unspecified atom stereocenters. The molecule has 0 aromatic heterocycles. The molecule has 0 aromatic rings. The van der Waals surface area contributed by atoms with Crippen molar-refractivity contribution in [3.05, 3.63) is 11.6 Å². The zero-order valence-corrected chi connectivity index (χ0v) is 13.8.